The summed E-state index contributed by atoms with van der Waals surface area (Å²) in [5.74, 6) is 1.32. The minimum atomic E-state index is 0. The molecule has 1 aliphatic heterocycles. The molecular formula is C19H37IN6O. The van der Waals surface area contributed by atoms with E-state index >= 15 is 0 Å². The second-order valence-corrected chi connectivity index (χ2v) is 7.86. The van der Waals surface area contributed by atoms with Gasteiger partial charge >= 0.3 is 0 Å². The molecule has 0 amide bonds. The number of aliphatic imine (C=N–C) groups is 1. The maximum atomic E-state index is 5.57. The molecule has 0 aromatic carbocycles. The Morgan fingerprint density at radius 2 is 1.96 bits per heavy atom. The third kappa shape index (κ3) is 6.05. The first kappa shape index (κ1) is 24.2. The van der Waals surface area contributed by atoms with Crippen LogP contribution >= 0.6 is 24.0 Å². The molecule has 0 spiro atoms. The quantitative estimate of drug-likeness (QED) is 0.375. The van der Waals surface area contributed by atoms with Crippen LogP contribution in [0.3, 0.4) is 0 Å². The standard InChI is InChI=1S/C19H36N6O.HI/c1-15(2)17-16(13-25(7)22-17)12-24(6)18(20-3)21-14-19(23(4)5)8-10-26-11-9-19;/h13,15H,8-12,14H2,1-7H3,(H,20,21);1H. The summed E-state index contributed by atoms with van der Waals surface area (Å²) in [5, 5.41) is 8.20. The highest BCUT2D eigenvalue weighted by molar-refractivity contribution is 14.0. The molecule has 0 unspecified atom stereocenters. The van der Waals surface area contributed by atoms with Crippen LogP contribution in [0.1, 0.15) is 43.9 Å². The van der Waals surface area contributed by atoms with E-state index in [1.54, 1.807) is 0 Å². The zero-order chi connectivity index (χ0) is 19.3. The Morgan fingerprint density at radius 1 is 1.33 bits per heavy atom. The first-order chi connectivity index (χ1) is 12.3. The molecule has 1 saturated heterocycles. The molecule has 7 nitrogen and oxygen atoms in total. The van der Waals surface area contributed by atoms with Crippen molar-refractivity contribution in [2.75, 3.05) is 47.9 Å². The summed E-state index contributed by atoms with van der Waals surface area (Å²) < 4.78 is 7.47. The Hall–Kier alpha value is -0.870. The molecule has 27 heavy (non-hydrogen) atoms. The fourth-order valence-electron chi connectivity index (χ4n) is 3.65. The Morgan fingerprint density at radius 3 is 2.48 bits per heavy atom. The van der Waals surface area contributed by atoms with Crippen molar-refractivity contribution >= 4 is 29.9 Å². The normalized spacial score (nSPS) is 17.1. The van der Waals surface area contributed by atoms with Crippen LogP contribution in [0.15, 0.2) is 11.2 Å². The number of guanidine groups is 1. The zero-order valence-corrected chi connectivity index (χ0v) is 20.3. The maximum absolute atomic E-state index is 5.57. The molecule has 1 aromatic heterocycles. The molecule has 1 fully saturated rings. The second kappa shape index (κ2) is 10.6. The van der Waals surface area contributed by atoms with Crippen molar-refractivity contribution in [2.45, 2.75) is 44.7 Å². The van der Waals surface area contributed by atoms with Gasteiger partial charge in [0.05, 0.1) is 5.69 Å². The van der Waals surface area contributed by atoms with Crippen LogP contribution in [-0.2, 0) is 18.3 Å². The number of nitrogens with zero attached hydrogens (tertiary/aromatic N) is 5. The van der Waals surface area contributed by atoms with Gasteiger partial charge in [-0.3, -0.25) is 9.67 Å². The van der Waals surface area contributed by atoms with Crippen molar-refractivity contribution in [1.82, 2.24) is 24.9 Å². The number of likely N-dealkylation sites (N-methyl/N-ethyl adjacent to an activating group) is 1. The van der Waals surface area contributed by atoms with Crippen LogP contribution in [0, 0.1) is 0 Å². The van der Waals surface area contributed by atoms with Crippen molar-refractivity contribution in [3.63, 3.8) is 0 Å². The van der Waals surface area contributed by atoms with E-state index in [1.165, 1.54) is 5.56 Å². The van der Waals surface area contributed by atoms with E-state index < -0.39 is 0 Å². The van der Waals surface area contributed by atoms with Gasteiger partial charge in [-0.15, -0.1) is 24.0 Å². The van der Waals surface area contributed by atoms with Gasteiger partial charge in [0, 0.05) is 64.7 Å². The molecule has 0 saturated carbocycles. The molecule has 1 N–H and O–H groups in total. The van der Waals surface area contributed by atoms with Crippen LogP contribution in [0.25, 0.3) is 0 Å². The lowest BCUT2D eigenvalue weighted by atomic mass is 9.88. The number of aromatic nitrogens is 2. The predicted octanol–water partition coefficient (Wildman–Crippen LogP) is 2.28. The summed E-state index contributed by atoms with van der Waals surface area (Å²) >= 11 is 0. The molecule has 0 bridgehead atoms. The third-order valence-electron chi connectivity index (χ3n) is 5.41. The fourth-order valence-corrected chi connectivity index (χ4v) is 3.65. The molecular weight excluding hydrogens is 455 g/mol. The highest BCUT2D eigenvalue weighted by atomic mass is 127. The lowest BCUT2D eigenvalue weighted by Crippen LogP contribution is -2.57. The molecule has 0 aliphatic carbocycles. The molecule has 1 aromatic rings. The number of hydrogen-bond acceptors (Lipinski definition) is 4. The number of ether oxygens (including phenoxy) is 1. The highest BCUT2D eigenvalue weighted by Crippen LogP contribution is 2.25. The molecule has 156 valence electrons. The van der Waals surface area contributed by atoms with E-state index in [0.29, 0.717) is 5.92 Å². The summed E-state index contributed by atoms with van der Waals surface area (Å²) in [4.78, 5) is 8.99. The van der Waals surface area contributed by atoms with Crippen molar-refractivity contribution in [3.05, 3.63) is 17.5 Å². The van der Waals surface area contributed by atoms with Crippen LogP contribution in [0.4, 0.5) is 0 Å². The molecule has 2 rings (SSSR count). The van der Waals surface area contributed by atoms with Crippen LogP contribution in [-0.4, -0.2) is 79.0 Å². The molecule has 8 heteroatoms. The van der Waals surface area contributed by atoms with Crippen LogP contribution in [0.5, 0.6) is 0 Å². The van der Waals surface area contributed by atoms with Crippen LogP contribution < -0.4 is 5.32 Å². The van der Waals surface area contributed by atoms with Gasteiger partial charge in [0.1, 0.15) is 0 Å². The highest BCUT2D eigenvalue weighted by Gasteiger charge is 2.35. The lowest BCUT2D eigenvalue weighted by Gasteiger charge is -2.43. The van der Waals surface area contributed by atoms with E-state index in [9.17, 15) is 0 Å². The number of hydrogen-bond donors (Lipinski definition) is 1. The predicted molar refractivity (Wildman–Crippen MR) is 122 cm³/mol. The van der Waals surface area contributed by atoms with E-state index in [-0.39, 0.29) is 29.5 Å². The Kier molecular flexibility index (Phi) is 9.50. The first-order valence-corrected chi connectivity index (χ1v) is 9.48. The monoisotopic (exact) mass is 492 g/mol. The average Bonchev–Trinajstić information content (AvgIpc) is 2.96. The maximum Gasteiger partial charge on any atom is 0.193 e. The first-order valence-electron chi connectivity index (χ1n) is 9.48. The Balaban J connectivity index is 0.00000364. The van der Waals surface area contributed by atoms with Crippen molar-refractivity contribution < 1.29 is 4.74 Å². The number of nitrogens with one attached hydrogen (secondary N) is 1. The minimum absolute atomic E-state index is 0. The molecule has 0 radical (unpaired) electrons. The average molecular weight is 492 g/mol. The SMILES string of the molecule is CN=C(NCC1(N(C)C)CCOCC1)N(C)Cc1cn(C)nc1C(C)C.I. The summed E-state index contributed by atoms with van der Waals surface area (Å²) in [5.41, 5.74) is 2.53. The van der Waals surface area contributed by atoms with E-state index in [0.717, 1.165) is 50.8 Å². The van der Waals surface area contributed by atoms with Gasteiger partial charge < -0.3 is 19.9 Å². The summed E-state index contributed by atoms with van der Waals surface area (Å²) in [6.07, 6.45) is 4.18. The Bertz CT molecular complexity index is 607. The summed E-state index contributed by atoms with van der Waals surface area (Å²) in [6.45, 7) is 7.67. The van der Waals surface area contributed by atoms with Gasteiger partial charge in [0.25, 0.3) is 0 Å². The fraction of sp³-hybridized carbons (Fsp3) is 0.789. The van der Waals surface area contributed by atoms with E-state index in [2.05, 4.69) is 66.4 Å². The minimum Gasteiger partial charge on any atom is -0.381 e. The van der Waals surface area contributed by atoms with Gasteiger partial charge in [-0.05, 0) is 32.9 Å². The zero-order valence-electron chi connectivity index (χ0n) is 17.9. The molecule has 1 aliphatic rings. The molecule has 2 heterocycles. The van der Waals surface area contributed by atoms with Crippen molar-refractivity contribution in [2.24, 2.45) is 12.0 Å². The smallest absolute Gasteiger partial charge is 0.193 e. The van der Waals surface area contributed by atoms with Gasteiger partial charge in [-0.2, -0.15) is 5.10 Å². The largest absolute Gasteiger partial charge is 0.381 e. The third-order valence-corrected chi connectivity index (χ3v) is 5.41. The van der Waals surface area contributed by atoms with Gasteiger partial charge in [0.2, 0.25) is 0 Å². The van der Waals surface area contributed by atoms with E-state index in [4.69, 9.17) is 4.74 Å². The number of halogens is 1. The van der Waals surface area contributed by atoms with Gasteiger partial charge in [0.15, 0.2) is 5.96 Å². The van der Waals surface area contributed by atoms with Crippen LogP contribution in [0.2, 0.25) is 0 Å². The summed E-state index contributed by atoms with van der Waals surface area (Å²) in [7, 11) is 10.2. The van der Waals surface area contributed by atoms with Gasteiger partial charge in [-0.25, -0.2) is 0 Å². The molecule has 0 atom stereocenters. The van der Waals surface area contributed by atoms with Gasteiger partial charge in [-0.1, -0.05) is 13.8 Å². The summed E-state index contributed by atoms with van der Waals surface area (Å²) in [6, 6.07) is 0. The lowest BCUT2D eigenvalue weighted by molar-refractivity contribution is -0.00522. The van der Waals surface area contributed by atoms with Crippen molar-refractivity contribution in [3.8, 4) is 0 Å². The topological polar surface area (TPSA) is 57.9 Å². The number of rotatable bonds is 6. The number of aryl methyl sites for hydroxylation is 1. The Labute approximate surface area is 181 Å². The van der Waals surface area contributed by atoms with E-state index in [1.807, 2.05) is 18.8 Å². The second-order valence-electron chi connectivity index (χ2n) is 7.86. The van der Waals surface area contributed by atoms with Crippen molar-refractivity contribution in [1.29, 1.82) is 0 Å².